The molecule has 0 fully saturated rings. The smallest absolute Gasteiger partial charge is 0.308 e. The molecule has 0 saturated heterocycles. The second kappa shape index (κ2) is 6.00. The van der Waals surface area contributed by atoms with Crippen molar-refractivity contribution in [2.45, 2.75) is 13.3 Å². The van der Waals surface area contributed by atoms with Crippen LogP contribution in [-0.2, 0) is 4.79 Å². The number of benzene rings is 1. The van der Waals surface area contributed by atoms with Crippen LogP contribution in [0.3, 0.4) is 0 Å². The molecule has 0 aliphatic rings. The van der Waals surface area contributed by atoms with E-state index in [-0.39, 0.29) is 5.92 Å². The van der Waals surface area contributed by atoms with Crippen LogP contribution in [-0.4, -0.2) is 24.7 Å². The Kier molecular flexibility index (Phi) is 4.64. The highest BCUT2D eigenvalue weighted by molar-refractivity contribution is 5.70. The minimum Gasteiger partial charge on any atom is -0.497 e. The molecule has 4 nitrogen and oxygen atoms in total. The summed E-state index contributed by atoms with van der Waals surface area (Å²) in [6.45, 7) is 2.30. The van der Waals surface area contributed by atoms with Crippen LogP contribution in [0.25, 0.3) is 0 Å². The Labute approximate surface area is 95.2 Å². The summed E-state index contributed by atoms with van der Waals surface area (Å²) in [4.78, 5) is 10.8. The molecule has 4 heteroatoms. The lowest BCUT2D eigenvalue weighted by Crippen LogP contribution is -2.21. The van der Waals surface area contributed by atoms with Gasteiger partial charge in [0.05, 0.1) is 13.0 Å². The molecule has 0 heterocycles. The highest BCUT2D eigenvalue weighted by atomic mass is 16.5. The minimum atomic E-state index is -0.766. The molecule has 88 valence electrons. The third-order valence-corrected chi connectivity index (χ3v) is 2.46. The monoisotopic (exact) mass is 223 g/mol. The number of anilines is 1. The average molecular weight is 223 g/mol. The molecule has 1 atom stereocenters. The average Bonchev–Trinajstić information content (AvgIpc) is 2.29. The van der Waals surface area contributed by atoms with Gasteiger partial charge in [-0.25, -0.2) is 0 Å². The van der Waals surface area contributed by atoms with Gasteiger partial charge in [0.25, 0.3) is 0 Å². The van der Waals surface area contributed by atoms with Crippen molar-refractivity contribution in [1.29, 1.82) is 0 Å². The Bertz CT molecular complexity index is 352. The third-order valence-electron chi connectivity index (χ3n) is 2.46. The molecular weight excluding hydrogens is 206 g/mol. The van der Waals surface area contributed by atoms with Crippen LogP contribution < -0.4 is 10.1 Å². The first-order chi connectivity index (χ1) is 7.67. The first-order valence-electron chi connectivity index (χ1n) is 5.28. The van der Waals surface area contributed by atoms with Gasteiger partial charge in [0.15, 0.2) is 0 Å². The first-order valence-corrected chi connectivity index (χ1v) is 5.28. The van der Waals surface area contributed by atoms with Crippen molar-refractivity contribution in [3.05, 3.63) is 24.3 Å². The molecule has 1 aromatic carbocycles. The molecule has 0 radical (unpaired) electrons. The minimum absolute atomic E-state index is 0.355. The van der Waals surface area contributed by atoms with Crippen LogP contribution in [0.4, 0.5) is 5.69 Å². The molecule has 1 aromatic rings. The lowest BCUT2D eigenvalue weighted by molar-refractivity contribution is -0.141. The number of rotatable bonds is 6. The van der Waals surface area contributed by atoms with Gasteiger partial charge in [-0.05, 0) is 18.6 Å². The summed E-state index contributed by atoms with van der Waals surface area (Å²) in [5.41, 5.74) is 0.874. The second-order valence-electron chi connectivity index (χ2n) is 3.56. The molecule has 0 aromatic heterocycles. The van der Waals surface area contributed by atoms with Gasteiger partial charge in [-0.1, -0.05) is 13.0 Å². The molecule has 0 spiro atoms. The summed E-state index contributed by atoms with van der Waals surface area (Å²) in [6.07, 6.45) is 0.617. The predicted octanol–water partition coefficient (Wildman–Crippen LogP) is 2.22. The normalized spacial score (nSPS) is 11.9. The zero-order chi connectivity index (χ0) is 12.0. The van der Waals surface area contributed by atoms with Crippen LogP contribution in [0.5, 0.6) is 5.75 Å². The summed E-state index contributed by atoms with van der Waals surface area (Å²) >= 11 is 0. The molecule has 0 saturated carbocycles. The zero-order valence-electron chi connectivity index (χ0n) is 9.56. The van der Waals surface area contributed by atoms with Crippen LogP contribution in [0.2, 0.25) is 0 Å². The van der Waals surface area contributed by atoms with Gasteiger partial charge in [-0.3, -0.25) is 4.79 Å². The van der Waals surface area contributed by atoms with E-state index >= 15 is 0 Å². The van der Waals surface area contributed by atoms with E-state index in [2.05, 4.69) is 5.32 Å². The van der Waals surface area contributed by atoms with E-state index in [1.54, 1.807) is 7.11 Å². The van der Waals surface area contributed by atoms with E-state index in [1.807, 2.05) is 31.2 Å². The van der Waals surface area contributed by atoms with Gasteiger partial charge in [0, 0.05) is 18.3 Å². The maximum atomic E-state index is 10.8. The molecule has 16 heavy (non-hydrogen) atoms. The fraction of sp³-hybridized carbons (Fsp3) is 0.417. The summed E-state index contributed by atoms with van der Waals surface area (Å²) in [6, 6.07) is 7.44. The Balaban J connectivity index is 2.56. The van der Waals surface area contributed by atoms with Gasteiger partial charge in [0.1, 0.15) is 5.75 Å². The van der Waals surface area contributed by atoms with Crippen LogP contribution in [0.1, 0.15) is 13.3 Å². The maximum Gasteiger partial charge on any atom is 0.308 e. The van der Waals surface area contributed by atoms with E-state index in [4.69, 9.17) is 9.84 Å². The van der Waals surface area contributed by atoms with E-state index in [0.29, 0.717) is 13.0 Å². The van der Waals surface area contributed by atoms with Gasteiger partial charge >= 0.3 is 5.97 Å². The topological polar surface area (TPSA) is 58.6 Å². The van der Waals surface area contributed by atoms with Crippen molar-refractivity contribution in [3.8, 4) is 5.75 Å². The number of nitrogens with one attached hydrogen (secondary N) is 1. The number of carboxylic acids is 1. The van der Waals surface area contributed by atoms with Crippen LogP contribution in [0.15, 0.2) is 24.3 Å². The van der Waals surface area contributed by atoms with Crippen LogP contribution >= 0.6 is 0 Å². The number of hydrogen-bond donors (Lipinski definition) is 2. The van der Waals surface area contributed by atoms with Crippen molar-refractivity contribution in [2.75, 3.05) is 19.0 Å². The van der Waals surface area contributed by atoms with Crippen molar-refractivity contribution in [3.63, 3.8) is 0 Å². The SMILES string of the molecule is CCC(CNc1cccc(OC)c1)C(=O)O. The zero-order valence-corrected chi connectivity index (χ0v) is 9.56. The number of carbonyl (C=O) groups is 1. The van der Waals surface area contributed by atoms with Crippen molar-refractivity contribution in [2.24, 2.45) is 5.92 Å². The molecular formula is C12H17NO3. The van der Waals surface area contributed by atoms with Gasteiger partial charge in [-0.2, -0.15) is 0 Å². The van der Waals surface area contributed by atoms with E-state index in [1.165, 1.54) is 0 Å². The summed E-state index contributed by atoms with van der Waals surface area (Å²) in [5.74, 6) is -0.363. The van der Waals surface area contributed by atoms with Gasteiger partial charge in [0.2, 0.25) is 0 Å². The standard InChI is InChI=1S/C12H17NO3/c1-3-9(12(14)15)8-13-10-5-4-6-11(7-10)16-2/h4-7,9,13H,3,8H2,1-2H3,(H,14,15). The molecule has 1 unspecified atom stereocenters. The van der Waals surface area contributed by atoms with Crippen molar-refractivity contribution < 1.29 is 14.6 Å². The highest BCUT2D eigenvalue weighted by Gasteiger charge is 2.14. The quantitative estimate of drug-likeness (QED) is 0.776. The highest BCUT2D eigenvalue weighted by Crippen LogP contribution is 2.17. The second-order valence-corrected chi connectivity index (χ2v) is 3.56. The fourth-order valence-corrected chi connectivity index (χ4v) is 1.38. The van der Waals surface area contributed by atoms with Gasteiger partial charge in [-0.15, -0.1) is 0 Å². The van der Waals surface area contributed by atoms with Crippen molar-refractivity contribution >= 4 is 11.7 Å². The number of aliphatic carboxylic acids is 1. The Morgan fingerprint density at radius 1 is 1.56 bits per heavy atom. The number of hydrogen-bond acceptors (Lipinski definition) is 3. The van der Waals surface area contributed by atoms with E-state index in [9.17, 15) is 4.79 Å². The number of ether oxygens (including phenoxy) is 1. The molecule has 0 bridgehead atoms. The Morgan fingerprint density at radius 3 is 2.88 bits per heavy atom. The molecule has 2 N–H and O–H groups in total. The number of carboxylic acid groups (broad SMARTS) is 1. The largest absolute Gasteiger partial charge is 0.497 e. The van der Waals surface area contributed by atoms with Crippen LogP contribution in [0, 0.1) is 5.92 Å². The molecule has 0 aliphatic heterocycles. The maximum absolute atomic E-state index is 10.8. The summed E-state index contributed by atoms with van der Waals surface area (Å²) < 4.78 is 5.08. The molecule has 0 amide bonds. The lowest BCUT2D eigenvalue weighted by Gasteiger charge is -2.12. The predicted molar refractivity (Wildman–Crippen MR) is 62.9 cm³/mol. The fourth-order valence-electron chi connectivity index (χ4n) is 1.38. The van der Waals surface area contributed by atoms with E-state index < -0.39 is 5.97 Å². The molecule has 1 rings (SSSR count). The summed E-state index contributed by atoms with van der Waals surface area (Å²) in [5, 5.41) is 12.0. The Hall–Kier alpha value is -1.71. The first kappa shape index (κ1) is 12.4. The summed E-state index contributed by atoms with van der Waals surface area (Å²) in [7, 11) is 1.60. The van der Waals surface area contributed by atoms with E-state index in [0.717, 1.165) is 11.4 Å². The Morgan fingerprint density at radius 2 is 2.31 bits per heavy atom. The van der Waals surface area contributed by atoms with Gasteiger partial charge < -0.3 is 15.2 Å². The molecule has 0 aliphatic carbocycles. The third kappa shape index (κ3) is 3.46. The lowest BCUT2D eigenvalue weighted by atomic mass is 10.1. The number of methoxy groups -OCH3 is 1. The van der Waals surface area contributed by atoms with Crippen molar-refractivity contribution in [1.82, 2.24) is 0 Å².